The van der Waals surface area contributed by atoms with Crippen LogP contribution in [-0.2, 0) is 11.3 Å². The van der Waals surface area contributed by atoms with Gasteiger partial charge in [-0.15, -0.1) is 0 Å². The van der Waals surface area contributed by atoms with Gasteiger partial charge in [0.1, 0.15) is 17.2 Å². The zero-order valence-electron chi connectivity index (χ0n) is 19.5. The molecule has 2 saturated heterocycles. The highest BCUT2D eigenvalue weighted by Crippen LogP contribution is 2.34. The monoisotopic (exact) mass is 472 g/mol. The van der Waals surface area contributed by atoms with Crippen LogP contribution in [-0.4, -0.2) is 45.6 Å². The van der Waals surface area contributed by atoms with Gasteiger partial charge in [0, 0.05) is 36.2 Å². The fourth-order valence-corrected chi connectivity index (χ4v) is 5.22. The second kappa shape index (κ2) is 9.14. The van der Waals surface area contributed by atoms with Crippen LogP contribution in [0.15, 0.2) is 57.6 Å². The molecule has 1 amide bonds. The van der Waals surface area contributed by atoms with Gasteiger partial charge < -0.3 is 19.6 Å². The number of primary amides is 1. The molecular weight excluding hydrogens is 444 g/mol. The molecule has 0 bridgehead atoms. The van der Waals surface area contributed by atoms with Gasteiger partial charge in [-0.05, 0) is 56.5 Å². The number of nitrogens with zero attached hydrogens (tertiary/aromatic N) is 5. The third-order valence-electron chi connectivity index (χ3n) is 7.15. The molecule has 5 heterocycles. The van der Waals surface area contributed by atoms with E-state index in [9.17, 15) is 4.79 Å². The Morgan fingerprint density at radius 3 is 2.77 bits per heavy atom. The largest absolute Gasteiger partial charge is 0.460 e. The number of hydrogen-bond acceptors (Lipinski definition) is 8. The maximum atomic E-state index is 11.5. The third-order valence-corrected chi connectivity index (χ3v) is 7.15. The first-order valence-electron chi connectivity index (χ1n) is 12.2. The molecule has 1 aromatic carbocycles. The number of fused-ring (bicyclic) bond motifs is 1. The zero-order chi connectivity index (χ0) is 23.8. The number of nitrogens with two attached hydrogens (primary N) is 1. The molecule has 1 atom stereocenters. The number of rotatable bonds is 6. The van der Waals surface area contributed by atoms with Crippen molar-refractivity contribution in [3.05, 3.63) is 60.3 Å². The van der Waals surface area contributed by atoms with Crippen LogP contribution in [0.4, 0.5) is 5.82 Å². The molecule has 2 aliphatic rings. The number of aromatic nitrogens is 3. The van der Waals surface area contributed by atoms with E-state index in [4.69, 9.17) is 19.7 Å². The minimum absolute atomic E-state index is 0.0527. The van der Waals surface area contributed by atoms with Crippen LogP contribution < -0.4 is 10.6 Å². The molecule has 0 unspecified atom stereocenters. The number of carbonyl (C=O) groups is 1. The molecule has 6 rings (SSSR count). The first-order chi connectivity index (χ1) is 17.1. The van der Waals surface area contributed by atoms with Gasteiger partial charge in [-0.25, -0.2) is 4.98 Å². The number of pyridine rings is 1. The first kappa shape index (κ1) is 21.8. The second-order valence-corrected chi connectivity index (χ2v) is 9.40. The van der Waals surface area contributed by atoms with E-state index in [-0.39, 0.29) is 17.9 Å². The van der Waals surface area contributed by atoms with Crippen LogP contribution in [0.1, 0.15) is 43.4 Å². The predicted molar refractivity (Wildman–Crippen MR) is 130 cm³/mol. The van der Waals surface area contributed by atoms with Gasteiger partial charge in [0.05, 0.1) is 12.6 Å². The van der Waals surface area contributed by atoms with Crippen LogP contribution in [0, 0.1) is 5.92 Å². The highest BCUT2D eigenvalue weighted by atomic mass is 16.5. The van der Waals surface area contributed by atoms with Crippen molar-refractivity contribution in [2.45, 2.75) is 38.3 Å². The van der Waals surface area contributed by atoms with Gasteiger partial charge in [-0.2, -0.15) is 4.98 Å². The number of hydrogen-bond donors (Lipinski definition) is 1. The number of benzene rings is 1. The molecular formula is C26H28N6O3. The van der Waals surface area contributed by atoms with Crippen molar-refractivity contribution in [3.63, 3.8) is 0 Å². The van der Waals surface area contributed by atoms with Crippen molar-refractivity contribution in [1.82, 2.24) is 20.0 Å². The summed E-state index contributed by atoms with van der Waals surface area (Å²) in [6.07, 6.45) is 5.30. The minimum atomic E-state index is -0.216. The number of amides is 1. The van der Waals surface area contributed by atoms with Crippen LogP contribution in [0.2, 0.25) is 0 Å². The van der Waals surface area contributed by atoms with Crippen molar-refractivity contribution in [1.29, 1.82) is 0 Å². The first-order valence-corrected chi connectivity index (χ1v) is 12.2. The van der Waals surface area contributed by atoms with E-state index in [1.807, 2.05) is 30.3 Å². The van der Waals surface area contributed by atoms with Crippen LogP contribution >= 0.6 is 0 Å². The number of furan rings is 1. The average molecular weight is 473 g/mol. The second-order valence-electron chi connectivity index (χ2n) is 9.40. The van der Waals surface area contributed by atoms with Crippen LogP contribution in [0.3, 0.4) is 0 Å². The molecule has 0 saturated carbocycles. The van der Waals surface area contributed by atoms with Crippen molar-refractivity contribution >= 4 is 22.7 Å². The number of anilines is 1. The standard InChI is InChI=1S/C26H28N6O3/c27-24(33)17-8-12-31(13-9-17)23-15-19(7-10-28-23)25-29-26(35-30-25)21-5-3-11-32(21)16-20-14-18-4-1-2-6-22(18)34-20/h1-2,4,6-7,10,14-15,17,21H,3,5,8-9,11-13,16H2,(H2,27,33)/t21-/m0/s1. The summed E-state index contributed by atoms with van der Waals surface area (Å²) in [5, 5.41) is 5.40. The maximum Gasteiger partial charge on any atom is 0.244 e. The Kier molecular flexibility index (Phi) is 5.69. The van der Waals surface area contributed by atoms with Gasteiger partial charge in [0.15, 0.2) is 0 Å². The molecule has 2 N–H and O–H groups in total. The number of likely N-dealkylation sites (tertiary alicyclic amines) is 1. The van der Waals surface area contributed by atoms with Crippen molar-refractivity contribution < 1.29 is 13.7 Å². The molecule has 0 aliphatic carbocycles. The van der Waals surface area contributed by atoms with Crippen molar-refractivity contribution in [2.75, 3.05) is 24.5 Å². The summed E-state index contributed by atoms with van der Waals surface area (Å²) in [5.74, 6) is 2.72. The quantitative estimate of drug-likeness (QED) is 0.449. The average Bonchev–Trinajstić information content (AvgIpc) is 3.63. The fraction of sp³-hybridized carbons (Fsp3) is 0.385. The maximum absolute atomic E-state index is 11.5. The topological polar surface area (TPSA) is 115 Å². The van der Waals surface area contributed by atoms with Gasteiger partial charge in [0.2, 0.25) is 17.6 Å². The Labute approximate surface area is 202 Å². The van der Waals surface area contributed by atoms with Gasteiger partial charge in [-0.3, -0.25) is 9.69 Å². The van der Waals surface area contributed by atoms with E-state index in [0.717, 1.165) is 73.4 Å². The molecule has 3 aromatic heterocycles. The summed E-state index contributed by atoms with van der Waals surface area (Å²) in [6.45, 7) is 3.17. The van der Waals surface area contributed by atoms with Crippen molar-refractivity contribution in [3.8, 4) is 11.4 Å². The lowest BCUT2D eigenvalue weighted by atomic mass is 9.96. The fourth-order valence-electron chi connectivity index (χ4n) is 5.22. The van der Waals surface area contributed by atoms with Gasteiger partial charge >= 0.3 is 0 Å². The summed E-state index contributed by atoms with van der Waals surface area (Å²) in [4.78, 5) is 25.3. The zero-order valence-corrected chi connectivity index (χ0v) is 19.5. The molecule has 9 heteroatoms. The van der Waals surface area contributed by atoms with Gasteiger partial charge in [0.25, 0.3) is 0 Å². The Bertz CT molecular complexity index is 1310. The number of para-hydroxylation sites is 1. The third kappa shape index (κ3) is 4.39. The van der Waals surface area contributed by atoms with E-state index in [1.165, 1.54) is 0 Å². The van der Waals surface area contributed by atoms with E-state index in [0.29, 0.717) is 18.3 Å². The van der Waals surface area contributed by atoms with E-state index < -0.39 is 0 Å². The summed E-state index contributed by atoms with van der Waals surface area (Å²) >= 11 is 0. The Balaban J connectivity index is 1.17. The van der Waals surface area contributed by atoms with Gasteiger partial charge in [-0.1, -0.05) is 23.4 Å². The predicted octanol–water partition coefficient (Wildman–Crippen LogP) is 3.92. The molecule has 35 heavy (non-hydrogen) atoms. The Hall–Kier alpha value is -3.72. The molecule has 0 radical (unpaired) electrons. The lowest BCUT2D eigenvalue weighted by Crippen LogP contribution is -2.38. The molecule has 0 spiro atoms. The normalized spacial score (nSPS) is 19.5. The summed E-state index contributed by atoms with van der Waals surface area (Å²) < 4.78 is 11.8. The summed E-state index contributed by atoms with van der Waals surface area (Å²) in [6, 6.07) is 14.1. The number of carbonyl (C=O) groups excluding carboxylic acids is 1. The molecule has 180 valence electrons. The lowest BCUT2D eigenvalue weighted by molar-refractivity contribution is -0.122. The molecule has 2 fully saturated rings. The Morgan fingerprint density at radius 1 is 1.09 bits per heavy atom. The van der Waals surface area contributed by atoms with Crippen LogP contribution in [0.5, 0.6) is 0 Å². The minimum Gasteiger partial charge on any atom is -0.460 e. The van der Waals surface area contributed by atoms with E-state index in [1.54, 1.807) is 6.20 Å². The summed E-state index contributed by atoms with van der Waals surface area (Å²) in [7, 11) is 0. The smallest absolute Gasteiger partial charge is 0.244 e. The highest BCUT2D eigenvalue weighted by Gasteiger charge is 2.32. The van der Waals surface area contributed by atoms with E-state index >= 15 is 0 Å². The number of piperidine rings is 1. The van der Waals surface area contributed by atoms with Crippen LogP contribution in [0.25, 0.3) is 22.4 Å². The Morgan fingerprint density at radius 2 is 1.94 bits per heavy atom. The highest BCUT2D eigenvalue weighted by molar-refractivity contribution is 5.78. The van der Waals surface area contributed by atoms with Crippen molar-refractivity contribution in [2.24, 2.45) is 11.7 Å². The SMILES string of the molecule is NC(=O)C1CCN(c2cc(-c3noc([C@@H]4CCCN4Cc4cc5ccccc5o4)n3)ccn2)CC1. The summed E-state index contributed by atoms with van der Waals surface area (Å²) in [5.41, 5.74) is 7.24. The molecule has 2 aliphatic heterocycles. The molecule has 4 aromatic rings. The lowest BCUT2D eigenvalue weighted by Gasteiger charge is -2.31. The molecule has 9 nitrogen and oxygen atoms in total. The van der Waals surface area contributed by atoms with E-state index in [2.05, 4.69) is 32.1 Å².